The standard InChI is InChI=1S/C26H33N5O6/c1-5-18(6-2)28-23(33)20-13-19(30-31(20)10-11-32)16-8-7-9-17(12-16)25-27-14-21(37-25)24(34)29-22(15(3)4)26(35)36/h7-9,12-15,18,22,32H,5-6,10-11H2,1-4H3,(H,28,33)(H,29,34)(H,35,36). The molecule has 0 spiro atoms. The Hall–Kier alpha value is -3.99. The number of aliphatic hydroxyl groups is 1. The zero-order valence-corrected chi connectivity index (χ0v) is 21.4. The van der Waals surface area contributed by atoms with Gasteiger partial charge in [-0.3, -0.25) is 14.3 Å². The summed E-state index contributed by atoms with van der Waals surface area (Å²) >= 11 is 0. The summed E-state index contributed by atoms with van der Waals surface area (Å²) < 4.78 is 7.09. The van der Waals surface area contributed by atoms with Crippen molar-refractivity contribution >= 4 is 17.8 Å². The van der Waals surface area contributed by atoms with Crippen molar-refractivity contribution in [2.45, 2.75) is 59.2 Å². The predicted octanol–water partition coefficient (Wildman–Crippen LogP) is 2.95. The van der Waals surface area contributed by atoms with E-state index >= 15 is 0 Å². The molecular weight excluding hydrogens is 478 g/mol. The number of benzene rings is 1. The number of carbonyl (C=O) groups is 3. The number of aromatic nitrogens is 3. The average Bonchev–Trinajstić information content (AvgIpc) is 3.54. The van der Waals surface area contributed by atoms with E-state index in [1.807, 2.05) is 19.9 Å². The summed E-state index contributed by atoms with van der Waals surface area (Å²) in [7, 11) is 0. The van der Waals surface area contributed by atoms with E-state index in [2.05, 4.69) is 20.7 Å². The van der Waals surface area contributed by atoms with Crippen LogP contribution in [0.15, 0.2) is 40.9 Å². The van der Waals surface area contributed by atoms with Crippen LogP contribution in [0.4, 0.5) is 0 Å². The minimum atomic E-state index is -1.13. The molecular formula is C26H33N5O6. The number of carboxylic acid groups (broad SMARTS) is 1. The summed E-state index contributed by atoms with van der Waals surface area (Å²) in [6, 6.07) is 7.73. The fraction of sp³-hybridized carbons (Fsp3) is 0.423. The molecule has 0 radical (unpaired) electrons. The molecule has 3 aromatic rings. The molecule has 1 aromatic carbocycles. The van der Waals surface area contributed by atoms with Gasteiger partial charge in [-0.05, 0) is 37.0 Å². The van der Waals surface area contributed by atoms with Crippen LogP contribution in [0, 0.1) is 5.92 Å². The van der Waals surface area contributed by atoms with Gasteiger partial charge in [-0.15, -0.1) is 0 Å². The van der Waals surface area contributed by atoms with Gasteiger partial charge < -0.3 is 25.3 Å². The third-order valence-corrected chi connectivity index (χ3v) is 6.00. The van der Waals surface area contributed by atoms with Crippen molar-refractivity contribution in [3.05, 3.63) is 48.0 Å². The molecule has 0 aliphatic heterocycles. The van der Waals surface area contributed by atoms with Gasteiger partial charge in [0.1, 0.15) is 11.7 Å². The lowest BCUT2D eigenvalue weighted by Gasteiger charge is -2.16. The van der Waals surface area contributed by atoms with Crippen molar-refractivity contribution in [2.24, 2.45) is 5.92 Å². The molecule has 0 aliphatic carbocycles. The Morgan fingerprint density at radius 2 is 1.76 bits per heavy atom. The number of nitrogens with zero attached hydrogens (tertiary/aromatic N) is 3. The van der Waals surface area contributed by atoms with Crippen LogP contribution in [0.1, 0.15) is 61.6 Å². The van der Waals surface area contributed by atoms with E-state index in [0.29, 0.717) is 22.5 Å². The third-order valence-electron chi connectivity index (χ3n) is 6.00. The Kier molecular flexibility index (Phi) is 9.18. The van der Waals surface area contributed by atoms with Gasteiger partial charge in [0.25, 0.3) is 11.8 Å². The Balaban J connectivity index is 1.86. The van der Waals surface area contributed by atoms with Crippen LogP contribution in [-0.4, -0.2) is 61.5 Å². The van der Waals surface area contributed by atoms with Crippen LogP contribution in [-0.2, 0) is 11.3 Å². The summed E-state index contributed by atoms with van der Waals surface area (Å²) in [6.07, 6.45) is 2.85. The summed E-state index contributed by atoms with van der Waals surface area (Å²) in [6.45, 7) is 7.38. The van der Waals surface area contributed by atoms with Gasteiger partial charge in [0.2, 0.25) is 11.7 Å². The second kappa shape index (κ2) is 12.3. The molecule has 37 heavy (non-hydrogen) atoms. The number of carboxylic acids is 1. The lowest BCUT2D eigenvalue weighted by molar-refractivity contribution is -0.140. The Morgan fingerprint density at radius 1 is 1.05 bits per heavy atom. The zero-order chi connectivity index (χ0) is 27.1. The predicted molar refractivity (Wildman–Crippen MR) is 136 cm³/mol. The average molecular weight is 512 g/mol. The van der Waals surface area contributed by atoms with Crippen LogP contribution in [0.25, 0.3) is 22.7 Å². The highest BCUT2D eigenvalue weighted by molar-refractivity contribution is 5.95. The minimum Gasteiger partial charge on any atom is -0.480 e. The number of nitrogens with one attached hydrogen (secondary N) is 2. The highest BCUT2D eigenvalue weighted by atomic mass is 16.4. The number of hydrogen-bond donors (Lipinski definition) is 4. The number of rotatable bonds is 12. The number of aliphatic hydroxyl groups excluding tert-OH is 1. The number of aliphatic carboxylic acids is 1. The van der Waals surface area contributed by atoms with Crippen molar-refractivity contribution in [1.29, 1.82) is 0 Å². The van der Waals surface area contributed by atoms with Crippen LogP contribution in [0.5, 0.6) is 0 Å². The lowest BCUT2D eigenvalue weighted by Crippen LogP contribution is -2.44. The van der Waals surface area contributed by atoms with E-state index < -0.39 is 17.9 Å². The molecule has 11 nitrogen and oxygen atoms in total. The monoisotopic (exact) mass is 511 g/mol. The second-order valence-corrected chi connectivity index (χ2v) is 8.99. The van der Waals surface area contributed by atoms with E-state index in [-0.39, 0.29) is 42.7 Å². The summed E-state index contributed by atoms with van der Waals surface area (Å²) in [4.78, 5) is 40.9. The smallest absolute Gasteiger partial charge is 0.326 e. The Labute approximate surface area is 214 Å². The van der Waals surface area contributed by atoms with E-state index in [9.17, 15) is 24.6 Å². The van der Waals surface area contributed by atoms with Crippen molar-refractivity contribution in [2.75, 3.05) is 6.61 Å². The zero-order valence-electron chi connectivity index (χ0n) is 21.4. The molecule has 2 aromatic heterocycles. The summed E-state index contributed by atoms with van der Waals surface area (Å²) in [5.74, 6) is -2.32. The maximum absolute atomic E-state index is 12.9. The molecule has 4 N–H and O–H groups in total. The van der Waals surface area contributed by atoms with Crippen LogP contribution in [0.2, 0.25) is 0 Å². The van der Waals surface area contributed by atoms with Gasteiger partial charge >= 0.3 is 5.97 Å². The van der Waals surface area contributed by atoms with E-state index in [4.69, 9.17) is 4.42 Å². The largest absolute Gasteiger partial charge is 0.480 e. The van der Waals surface area contributed by atoms with E-state index in [1.54, 1.807) is 38.1 Å². The first-order valence-corrected chi connectivity index (χ1v) is 12.3. The maximum Gasteiger partial charge on any atom is 0.326 e. The van der Waals surface area contributed by atoms with E-state index in [1.165, 1.54) is 10.9 Å². The molecule has 0 aliphatic rings. The quantitative estimate of drug-likeness (QED) is 0.289. The molecule has 1 unspecified atom stereocenters. The highest BCUT2D eigenvalue weighted by Crippen LogP contribution is 2.26. The summed E-state index contributed by atoms with van der Waals surface area (Å²) in [5.41, 5.74) is 2.11. The van der Waals surface area contributed by atoms with Crippen LogP contribution >= 0.6 is 0 Å². The number of hydrogen-bond acceptors (Lipinski definition) is 7. The van der Waals surface area contributed by atoms with Crippen molar-refractivity contribution in [3.63, 3.8) is 0 Å². The van der Waals surface area contributed by atoms with Gasteiger partial charge in [0.05, 0.1) is 25.0 Å². The molecule has 11 heteroatoms. The fourth-order valence-electron chi connectivity index (χ4n) is 3.81. The van der Waals surface area contributed by atoms with Gasteiger partial charge in [0.15, 0.2) is 0 Å². The third kappa shape index (κ3) is 6.62. The first-order chi connectivity index (χ1) is 17.7. The summed E-state index contributed by atoms with van der Waals surface area (Å²) in [5, 5.41) is 28.7. The molecule has 0 saturated heterocycles. The van der Waals surface area contributed by atoms with Gasteiger partial charge in [-0.1, -0.05) is 39.8 Å². The first-order valence-electron chi connectivity index (χ1n) is 12.3. The number of oxazole rings is 1. The molecule has 1 atom stereocenters. The molecule has 3 rings (SSSR count). The topological polar surface area (TPSA) is 160 Å². The van der Waals surface area contributed by atoms with Crippen LogP contribution in [0.3, 0.4) is 0 Å². The van der Waals surface area contributed by atoms with Crippen molar-refractivity contribution in [1.82, 2.24) is 25.4 Å². The molecule has 198 valence electrons. The first kappa shape index (κ1) is 27.6. The van der Waals surface area contributed by atoms with E-state index in [0.717, 1.165) is 12.8 Å². The SMILES string of the molecule is CCC(CC)NC(=O)c1cc(-c2cccc(-c3ncc(C(=O)NC(C(=O)O)C(C)C)o3)c2)nn1CCO. The normalized spacial score (nSPS) is 12.1. The number of carbonyl (C=O) groups excluding carboxylic acids is 2. The maximum atomic E-state index is 12.9. The highest BCUT2D eigenvalue weighted by Gasteiger charge is 2.26. The van der Waals surface area contributed by atoms with Crippen molar-refractivity contribution in [3.8, 4) is 22.7 Å². The second-order valence-electron chi connectivity index (χ2n) is 8.99. The molecule has 0 bridgehead atoms. The Morgan fingerprint density at radius 3 is 2.38 bits per heavy atom. The molecule has 0 saturated carbocycles. The number of amides is 2. The Bertz CT molecular complexity index is 1240. The van der Waals surface area contributed by atoms with Crippen molar-refractivity contribution < 1.29 is 29.0 Å². The van der Waals surface area contributed by atoms with Gasteiger partial charge in [-0.25, -0.2) is 9.78 Å². The lowest BCUT2D eigenvalue weighted by atomic mass is 10.0. The molecule has 2 heterocycles. The van der Waals surface area contributed by atoms with Gasteiger partial charge in [0, 0.05) is 17.2 Å². The fourth-order valence-corrected chi connectivity index (χ4v) is 3.81. The molecule has 0 fully saturated rings. The molecule has 2 amide bonds. The minimum absolute atomic E-state index is 0.0412. The van der Waals surface area contributed by atoms with Gasteiger partial charge in [-0.2, -0.15) is 5.10 Å². The van der Waals surface area contributed by atoms with Crippen LogP contribution < -0.4 is 10.6 Å².